The average molecular weight is 361 g/mol. The minimum absolute atomic E-state index is 0.0346. The van der Waals surface area contributed by atoms with Gasteiger partial charge in [-0.1, -0.05) is 23.2 Å². The molecule has 0 bridgehead atoms. The zero-order valence-electron chi connectivity index (χ0n) is 11.4. The number of hydrogen-bond donors (Lipinski definition) is 3. The smallest absolute Gasteiger partial charge is 0.357 e. The number of carbonyl (C=O) groups is 1. The van der Waals surface area contributed by atoms with Crippen LogP contribution in [-0.4, -0.2) is 22.1 Å². The van der Waals surface area contributed by atoms with Crippen molar-refractivity contribution >= 4 is 41.8 Å². The molecule has 22 heavy (non-hydrogen) atoms. The van der Waals surface area contributed by atoms with Gasteiger partial charge in [0.1, 0.15) is 6.26 Å². The quantitative estimate of drug-likeness (QED) is 0.720. The molecule has 0 amide bonds. The number of carboxylic acid groups (broad SMARTS) is 1. The number of nitrogens with one attached hydrogen (secondary N) is 1. The van der Waals surface area contributed by atoms with Crippen molar-refractivity contribution in [2.75, 3.05) is 0 Å². The molecule has 0 atom stereocenters. The Morgan fingerprint density at radius 2 is 2.18 bits per heavy atom. The first-order valence-electron chi connectivity index (χ1n) is 6.51. The van der Waals surface area contributed by atoms with Crippen molar-refractivity contribution in [2.45, 2.75) is 30.3 Å². The zero-order chi connectivity index (χ0) is 16.1. The van der Waals surface area contributed by atoms with Gasteiger partial charge in [0.25, 0.3) is 0 Å². The Balaban J connectivity index is 0.000000172. The van der Waals surface area contributed by atoms with E-state index in [1.54, 1.807) is 18.2 Å². The largest absolute Gasteiger partial charge is 0.476 e. The third kappa shape index (κ3) is 5.53. The van der Waals surface area contributed by atoms with Crippen LogP contribution in [-0.2, 0) is 6.54 Å². The molecular formula is C14H14Cl2N2O3S. The lowest BCUT2D eigenvalue weighted by atomic mass is 10.4. The van der Waals surface area contributed by atoms with Crippen molar-refractivity contribution in [3.05, 3.63) is 46.1 Å². The van der Waals surface area contributed by atoms with E-state index in [0.717, 1.165) is 11.2 Å². The van der Waals surface area contributed by atoms with Crippen LogP contribution in [0.25, 0.3) is 0 Å². The maximum atomic E-state index is 10.4. The molecule has 1 heterocycles. The summed E-state index contributed by atoms with van der Waals surface area (Å²) in [7, 11) is 0. The molecule has 1 aromatic heterocycles. The molecule has 0 radical (unpaired) electrons. The van der Waals surface area contributed by atoms with Gasteiger partial charge in [0, 0.05) is 16.0 Å². The lowest BCUT2D eigenvalue weighted by Crippen LogP contribution is -2.15. The molecule has 1 aliphatic carbocycles. The number of benzene rings is 1. The van der Waals surface area contributed by atoms with E-state index in [9.17, 15) is 4.79 Å². The highest BCUT2D eigenvalue weighted by Gasteiger charge is 2.21. The molecule has 118 valence electrons. The van der Waals surface area contributed by atoms with Gasteiger partial charge >= 0.3 is 5.97 Å². The van der Waals surface area contributed by atoms with Gasteiger partial charge in [-0.15, -0.1) is 12.6 Å². The predicted octanol–water partition coefficient (Wildman–Crippen LogP) is 3.91. The van der Waals surface area contributed by atoms with Gasteiger partial charge in [-0.2, -0.15) is 0 Å². The summed E-state index contributed by atoms with van der Waals surface area (Å²) in [4.78, 5) is 15.0. The molecule has 0 aliphatic heterocycles. The number of oxazole rings is 1. The fraction of sp³-hybridized carbons (Fsp3) is 0.286. The van der Waals surface area contributed by atoms with E-state index in [4.69, 9.17) is 32.7 Å². The molecule has 2 aromatic rings. The van der Waals surface area contributed by atoms with Crippen LogP contribution in [0, 0.1) is 0 Å². The van der Waals surface area contributed by atoms with Gasteiger partial charge in [0.2, 0.25) is 5.89 Å². The maximum Gasteiger partial charge on any atom is 0.357 e. The average Bonchev–Trinajstić information content (AvgIpc) is 3.18. The fourth-order valence-electron chi connectivity index (χ4n) is 1.49. The Hall–Kier alpha value is -1.21. The van der Waals surface area contributed by atoms with Gasteiger partial charge in [-0.3, -0.25) is 0 Å². The van der Waals surface area contributed by atoms with Crippen molar-refractivity contribution in [2.24, 2.45) is 0 Å². The normalized spacial score (nSPS) is 13.4. The van der Waals surface area contributed by atoms with Crippen LogP contribution in [0.2, 0.25) is 10.0 Å². The number of carboxylic acids is 1. The molecule has 1 saturated carbocycles. The van der Waals surface area contributed by atoms with Gasteiger partial charge in [0.05, 0.1) is 11.6 Å². The molecule has 0 saturated heterocycles. The number of hydrogen-bond acceptors (Lipinski definition) is 5. The molecule has 0 unspecified atom stereocenters. The SMILES string of the molecule is O=C(O)c1coc(CNC2CC2)n1.Sc1ccc(Cl)cc1Cl. The minimum Gasteiger partial charge on any atom is -0.476 e. The van der Waals surface area contributed by atoms with E-state index in [2.05, 4.69) is 22.9 Å². The van der Waals surface area contributed by atoms with Crippen LogP contribution in [0.5, 0.6) is 0 Å². The van der Waals surface area contributed by atoms with Crippen LogP contribution < -0.4 is 5.32 Å². The van der Waals surface area contributed by atoms with Crippen LogP contribution >= 0.6 is 35.8 Å². The molecule has 3 rings (SSSR count). The van der Waals surface area contributed by atoms with Crippen molar-refractivity contribution < 1.29 is 14.3 Å². The molecule has 2 N–H and O–H groups in total. The van der Waals surface area contributed by atoms with E-state index in [1.807, 2.05) is 0 Å². The summed E-state index contributed by atoms with van der Waals surface area (Å²) >= 11 is 15.3. The lowest BCUT2D eigenvalue weighted by Gasteiger charge is -1.95. The first kappa shape index (κ1) is 17.1. The zero-order valence-corrected chi connectivity index (χ0v) is 13.8. The van der Waals surface area contributed by atoms with Crippen LogP contribution in [0.15, 0.2) is 33.8 Å². The first-order valence-corrected chi connectivity index (χ1v) is 7.71. The molecule has 5 nitrogen and oxygen atoms in total. The minimum atomic E-state index is -1.05. The van der Waals surface area contributed by atoms with E-state index in [0.29, 0.717) is 28.5 Å². The molecule has 1 aromatic carbocycles. The summed E-state index contributed by atoms with van der Waals surface area (Å²) in [6.45, 7) is 0.512. The number of halogens is 2. The molecular weight excluding hydrogens is 347 g/mol. The Morgan fingerprint density at radius 1 is 1.45 bits per heavy atom. The second-order valence-corrected chi connectivity index (χ2v) is 6.01. The summed E-state index contributed by atoms with van der Waals surface area (Å²) in [5.74, 6) is -0.620. The molecule has 0 spiro atoms. The van der Waals surface area contributed by atoms with Crippen molar-refractivity contribution in [1.29, 1.82) is 0 Å². The van der Waals surface area contributed by atoms with Gasteiger partial charge in [-0.05, 0) is 31.0 Å². The summed E-state index contributed by atoms with van der Waals surface area (Å²) in [5.41, 5.74) is -0.0346. The van der Waals surface area contributed by atoms with Crippen molar-refractivity contribution in [1.82, 2.24) is 10.3 Å². The van der Waals surface area contributed by atoms with Crippen LogP contribution in [0.3, 0.4) is 0 Å². The van der Waals surface area contributed by atoms with E-state index >= 15 is 0 Å². The van der Waals surface area contributed by atoms with Crippen molar-refractivity contribution in [3.63, 3.8) is 0 Å². The topological polar surface area (TPSA) is 75.4 Å². The monoisotopic (exact) mass is 360 g/mol. The molecule has 8 heteroatoms. The predicted molar refractivity (Wildman–Crippen MR) is 87.0 cm³/mol. The first-order chi connectivity index (χ1) is 10.5. The lowest BCUT2D eigenvalue weighted by molar-refractivity contribution is 0.0690. The van der Waals surface area contributed by atoms with Crippen LogP contribution in [0.4, 0.5) is 0 Å². The Kier molecular flexibility index (Phi) is 6.14. The highest BCUT2D eigenvalue weighted by molar-refractivity contribution is 7.80. The van der Waals surface area contributed by atoms with E-state index in [1.165, 1.54) is 12.8 Å². The number of nitrogens with zero attached hydrogens (tertiary/aromatic N) is 1. The van der Waals surface area contributed by atoms with E-state index in [-0.39, 0.29) is 5.69 Å². The van der Waals surface area contributed by atoms with Gasteiger partial charge < -0.3 is 14.8 Å². The Labute approximate surface area is 143 Å². The second kappa shape index (κ2) is 7.87. The van der Waals surface area contributed by atoms with Gasteiger partial charge in [-0.25, -0.2) is 9.78 Å². The van der Waals surface area contributed by atoms with E-state index < -0.39 is 5.97 Å². The van der Waals surface area contributed by atoms with Crippen LogP contribution in [0.1, 0.15) is 29.2 Å². The Morgan fingerprint density at radius 3 is 2.68 bits per heavy atom. The Bertz CT molecular complexity index is 659. The summed E-state index contributed by atoms with van der Waals surface area (Å²) in [6, 6.07) is 5.73. The number of aromatic carboxylic acids is 1. The molecule has 1 fully saturated rings. The standard InChI is InChI=1S/C8H10N2O3.C6H4Cl2S/c11-8(12)6-4-13-7(10-6)3-9-5-1-2-5;7-4-1-2-6(9)5(8)3-4/h4-5,9H,1-3H2,(H,11,12);1-3,9H. The summed E-state index contributed by atoms with van der Waals surface area (Å²) in [6.07, 6.45) is 3.53. The third-order valence-electron chi connectivity index (χ3n) is 2.80. The second-order valence-electron chi connectivity index (χ2n) is 4.68. The summed E-state index contributed by atoms with van der Waals surface area (Å²) in [5, 5.41) is 12.9. The number of rotatable bonds is 4. The molecule has 1 aliphatic rings. The number of aromatic nitrogens is 1. The van der Waals surface area contributed by atoms with Crippen molar-refractivity contribution in [3.8, 4) is 0 Å². The summed E-state index contributed by atoms with van der Waals surface area (Å²) < 4.78 is 4.95. The maximum absolute atomic E-state index is 10.4. The highest BCUT2D eigenvalue weighted by Crippen LogP contribution is 2.23. The van der Waals surface area contributed by atoms with Gasteiger partial charge in [0.15, 0.2) is 5.69 Å². The highest BCUT2D eigenvalue weighted by atomic mass is 35.5. The number of thiol groups is 1. The third-order valence-corrected chi connectivity index (χ3v) is 3.87. The fourth-order valence-corrected chi connectivity index (χ4v) is 2.04.